The summed E-state index contributed by atoms with van der Waals surface area (Å²) in [7, 11) is 0. The Labute approximate surface area is 106 Å². The minimum Gasteiger partial charge on any atom is -0.313 e. The molecule has 0 amide bonds. The fraction of sp³-hybridized carbons (Fsp3) is 0.643. The Hall–Kier alpha value is -0.670. The van der Waals surface area contributed by atoms with Gasteiger partial charge >= 0.3 is 0 Å². The molecule has 0 bridgehead atoms. The summed E-state index contributed by atoms with van der Waals surface area (Å²) in [4.78, 5) is 13.8. The van der Waals surface area contributed by atoms with Crippen LogP contribution < -0.4 is 5.32 Å². The van der Waals surface area contributed by atoms with Gasteiger partial charge in [0.25, 0.3) is 0 Å². The fourth-order valence-electron chi connectivity index (χ4n) is 3.15. The number of ketones is 1. The molecule has 3 heteroatoms. The van der Waals surface area contributed by atoms with E-state index in [2.05, 4.69) is 10.7 Å². The van der Waals surface area contributed by atoms with Crippen LogP contribution in [0.5, 0.6) is 0 Å². The maximum absolute atomic E-state index is 12.5. The highest BCUT2D eigenvalue weighted by Gasteiger charge is 2.33. The number of rotatable bonds is 1. The summed E-state index contributed by atoms with van der Waals surface area (Å²) >= 11 is 1.74. The molecular formula is C14H19NOS. The molecule has 0 radical (unpaired) electrons. The molecule has 0 spiro atoms. The van der Waals surface area contributed by atoms with Crippen LogP contribution in [0.4, 0.5) is 0 Å². The van der Waals surface area contributed by atoms with Crippen LogP contribution in [0.3, 0.4) is 0 Å². The highest BCUT2D eigenvalue weighted by Crippen LogP contribution is 2.32. The average Bonchev–Trinajstić information content (AvgIpc) is 2.66. The molecule has 1 aromatic rings. The average molecular weight is 249 g/mol. The van der Waals surface area contributed by atoms with Crippen molar-refractivity contribution in [2.45, 2.75) is 44.6 Å². The van der Waals surface area contributed by atoms with Gasteiger partial charge in [-0.2, -0.15) is 0 Å². The van der Waals surface area contributed by atoms with E-state index in [0.717, 1.165) is 24.9 Å². The van der Waals surface area contributed by atoms with E-state index in [1.165, 1.54) is 30.6 Å². The number of carbonyl (C=O) groups excluding carboxylic acids is 1. The van der Waals surface area contributed by atoms with E-state index in [4.69, 9.17) is 0 Å². The van der Waals surface area contributed by atoms with E-state index >= 15 is 0 Å². The van der Waals surface area contributed by atoms with Crippen LogP contribution in [0.25, 0.3) is 0 Å². The van der Waals surface area contributed by atoms with E-state index in [9.17, 15) is 4.79 Å². The summed E-state index contributed by atoms with van der Waals surface area (Å²) in [5.41, 5.74) is 1.01. The molecule has 2 atom stereocenters. The largest absolute Gasteiger partial charge is 0.313 e. The number of fused-ring (bicyclic) bond motifs is 1. The Morgan fingerprint density at radius 1 is 1.24 bits per heavy atom. The molecule has 1 saturated heterocycles. The van der Waals surface area contributed by atoms with Crippen LogP contribution in [0, 0.1) is 5.92 Å². The van der Waals surface area contributed by atoms with Crippen LogP contribution in [0.2, 0.25) is 0 Å². The molecule has 2 heterocycles. The van der Waals surface area contributed by atoms with Crippen molar-refractivity contribution in [3.63, 3.8) is 0 Å². The molecule has 0 aromatic carbocycles. The van der Waals surface area contributed by atoms with Crippen molar-refractivity contribution in [2.24, 2.45) is 5.92 Å². The Balaban J connectivity index is 1.78. The van der Waals surface area contributed by atoms with Crippen LogP contribution in [0.15, 0.2) is 11.4 Å². The minimum atomic E-state index is 0.232. The lowest BCUT2D eigenvalue weighted by atomic mass is 9.81. The molecule has 1 aromatic heterocycles. The van der Waals surface area contributed by atoms with E-state index < -0.39 is 0 Å². The van der Waals surface area contributed by atoms with Crippen molar-refractivity contribution in [3.8, 4) is 0 Å². The summed E-state index contributed by atoms with van der Waals surface area (Å²) in [6.45, 7) is 1.09. The molecule has 92 valence electrons. The summed E-state index contributed by atoms with van der Waals surface area (Å²) in [5.74, 6) is 0.627. The first-order valence-electron chi connectivity index (χ1n) is 6.70. The van der Waals surface area contributed by atoms with Gasteiger partial charge in [-0.05, 0) is 43.7 Å². The second-order valence-corrected chi connectivity index (χ2v) is 6.18. The van der Waals surface area contributed by atoms with E-state index in [1.807, 2.05) is 6.07 Å². The minimum absolute atomic E-state index is 0.232. The van der Waals surface area contributed by atoms with Crippen LogP contribution >= 0.6 is 11.3 Å². The molecule has 2 nitrogen and oxygen atoms in total. The highest BCUT2D eigenvalue weighted by molar-refractivity contribution is 7.10. The van der Waals surface area contributed by atoms with Crippen LogP contribution in [-0.4, -0.2) is 18.4 Å². The van der Waals surface area contributed by atoms with E-state index in [-0.39, 0.29) is 5.92 Å². The van der Waals surface area contributed by atoms with Crippen molar-refractivity contribution in [1.82, 2.24) is 5.32 Å². The third-order valence-corrected chi connectivity index (χ3v) is 5.09. The summed E-state index contributed by atoms with van der Waals surface area (Å²) in [6.07, 6.45) is 7.18. The highest BCUT2D eigenvalue weighted by atomic mass is 32.1. The van der Waals surface area contributed by atoms with Crippen LogP contribution in [0.1, 0.15) is 47.3 Å². The molecule has 2 aliphatic rings. The van der Waals surface area contributed by atoms with Gasteiger partial charge in [0.15, 0.2) is 5.78 Å². The van der Waals surface area contributed by atoms with Crippen molar-refractivity contribution in [3.05, 3.63) is 21.9 Å². The predicted molar refractivity (Wildman–Crippen MR) is 70.7 cm³/mol. The first-order chi connectivity index (χ1) is 8.36. The standard InChI is InChI=1S/C14H19NOS/c16-14-10(12-4-2-1-3-8-15-12)5-6-13-11(14)7-9-17-13/h7,9-10,12,15H,1-6,8H2. The van der Waals surface area contributed by atoms with Gasteiger partial charge in [0.05, 0.1) is 0 Å². The summed E-state index contributed by atoms with van der Waals surface area (Å²) < 4.78 is 0. The Kier molecular flexibility index (Phi) is 3.30. The first kappa shape index (κ1) is 11.4. The smallest absolute Gasteiger partial charge is 0.168 e. The molecule has 1 aliphatic carbocycles. The molecule has 1 N–H and O–H groups in total. The van der Waals surface area contributed by atoms with Gasteiger partial charge in [-0.3, -0.25) is 4.79 Å². The number of hydrogen-bond donors (Lipinski definition) is 1. The molecular weight excluding hydrogens is 230 g/mol. The van der Waals surface area contributed by atoms with E-state index in [0.29, 0.717) is 11.8 Å². The molecule has 0 saturated carbocycles. The Bertz CT molecular complexity index is 404. The lowest BCUT2D eigenvalue weighted by Gasteiger charge is -2.28. The maximum Gasteiger partial charge on any atom is 0.168 e. The second kappa shape index (κ2) is 4.91. The normalized spacial score (nSPS) is 29.8. The maximum atomic E-state index is 12.5. The molecule has 3 rings (SSSR count). The Morgan fingerprint density at radius 2 is 2.18 bits per heavy atom. The lowest BCUT2D eigenvalue weighted by Crippen LogP contribution is -2.41. The summed E-state index contributed by atoms with van der Waals surface area (Å²) in [5, 5.41) is 5.65. The molecule has 1 fully saturated rings. The third kappa shape index (κ3) is 2.18. The fourth-order valence-corrected chi connectivity index (χ4v) is 4.05. The zero-order valence-corrected chi connectivity index (χ0v) is 10.9. The van der Waals surface area contributed by atoms with Crippen molar-refractivity contribution < 1.29 is 4.79 Å². The first-order valence-corrected chi connectivity index (χ1v) is 7.58. The quantitative estimate of drug-likeness (QED) is 0.829. The number of carbonyl (C=O) groups is 1. The van der Waals surface area contributed by atoms with Gasteiger partial charge < -0.3 is 5.32 Å². The Morgan fingerprint density at radius 3 is 3.12 bits per heavy atom. The lowest BCUT2D eigenvalue weighted by molar-refractivity contribution is 0.0867. The number of Topliss-reactive ketones (excluding diaryl/α,β-unsaturated/α-hetero) is 1. The zero-order valence-electron chi connectivity index (χ0n) is 10.1. The number of aryl methyl sites for hydroxylation is 1. The molecule has 2 unspecified atom stereocenters. The SMILES string of the molecule is O=C1c2ccsc2CCC1C1CCCCCN1. The van der Waals surface area contributed by atoms with Crippen molar-refractivity contribution >= 4 is 17.1 Å². The van der Waals surface area contributed by atoms with Crippen molar-refractivity contribution in [2.75, 3.05) is 6.54 Å². The summed E-state index contributed by atoms with van der Waals surface area (Å²) in [6, 6.07) is 2.45. The van der Waals surface area contributed by atoms with Gasteiger partial charge in [-0.1, -0.05) is 12.8 Å². The second-order valence-electron chi connectivity index (χ2n) is 5.18. The predicted octanol–water partition coefficient (Wildman–Crippen LogP) is 3.03. The van der Waals surface area contributed by atoms with Gasteiger partial charge in [0.2, 0.25) is 0 Å². The van der Waals surface area contributed by atoms with Crippen LogP contribution in [-0.2, 0) is 6.42 Å². The molecule has 1 aliphatic heterocycles. The molecule has 17 heavy (non-hydrogen) atoms. The van der Waals surface area contributed by atoms with Crippen molar-refractivity contribution in [1.29, 1.82) is 0 Å². The van der Waals surface area contributed by atoms with Gasteiger partial charge in [-0.15, -0.1) is 11.3 Å². The van der Waals surface area contributed by atoms with Gasteiger partial charge in [-0.25, -0.2) is 0 Å². The zero-order chi connectivity index (χ0) is 11.7. The van der Waals surface area contributed by atoms with Gasteiger partial charge in [0.1, 0.15) is 0 Å². The number of hydrogen-bond acceptors (Lipinski definition) is 3. The third-order valence-electron chi connectivity index (χ3n) is 4.11. The van der Waals surface area contributed by atoms with E-state index in [1.54, 1.807) is 11.3 Å². The number of nitrogens with one attached hydrogen (secondary N) is 1. The monoisotopic (exact) mass is 249 g/mol. The number of thiophene rings is 1. The topological polar surface area (TPSA) is 29.1 Å². The van der Waals surface area contributed by atoms with Gasteiger partial charge in [0, 0.05) is 22.4 Å².